The number of rotatable bonds is 5. The van der Waals surface area contributed by atoms with Crippen LogP contribution in [-0.4, -0.2) is 27.3 Å². The van der Waals surface area contributed by atoms with E-state index in [4.69, 9.17) is 0 Å². The zero-order chi connectivity index (χ0) is 16.7. The van der Waals surface area contributed by atoms with Crippen molar-refractivity contribution in [2.45, 2.75) is 30.8 Å². The molecule has 0 saturated heterocycles. The summed E-state index contributed by atoms with van der Waals surface area (Å²) in [6, 6.07) is 6.05. The molecule has 122 valence electrons. The van der Waals surface area contributed by atoms with Crippen LogP contribution >= 0.6 is 0 Å². The van der Waals surface area contributed by atoms with Gasteiger partial charge in [-0.1, -0.05) is 12.1 Å². The number of hydrogen-bond donors (Lipinski definition) is 2. The Kier molecular flexibility index (Phi) is 3.72. The van der Waals surface area contributed by atoms with Gasteiger partial charge in [0.15, 0.2) is 0 Å². The number of amides is 1. The number of halogens is 1. The van der Waals surface area contributed by atoms with Crippen LogP contribution in [0.1, 0.15) is 30.9 Å². The van der Waals surface area contributed by atoms with Gasteiger partial charge in [0.1, 0.15) is 11.4 Å². The molecule has 23 heavy (non-hydrogen) atoms. The SMILES string of the molecule is Cn1cc(C(C)(O)CNC(=O)C2(c3ccc(F)cc3)CC2)cn1. The van der Waals surface area contributed by atoms with Crippen LogP contribution in [0.4, 0.5) is 4.39 Å². The second kappa shape index (κ2) is 5.45. The van der Waals surface area contributed by atoms with Crippen LogP contribution in [0, 0.1) is 5.82 Å². The molecule has 1 unspecified atom stereocenters. The highest BCUT2D eigenvalue weighted by atomic mass is 19.1. The molecule has 1 aliphatic carbocycles. The number of benzene rings is 1. The van der Waals surface area contributed by atoms with Crippen molar-refractivity contribution in [3.63, 3.8) is 0 Å². The van der Waals surface area contributed by atoms with Gasteiger partial charge in [-0.25, -0.2) is 4.39 Å². The predicted octanol–water partition coefficient (Wildman–Crippen LogP) is 1.61. The number of hydrogen-bond acceptors (Lipinski definition) is 3. The molecule has 1 heterocycles. The highest BCUT2D eigenvalue weighted by Gasteiger charge is 2.51. The summed E-state index contributed by atoms with van der Waals surface area (Å²) in [6.45, 7) is 1.74. The summed E-state index contributed by atoms with van der Waals surface area (Å²) in [5.74, 6) is -0.447. The Bertz CT molecular complexity index is 718. The van der Waals surface area contributed by atoms with Gasteiger partial charge in [-0.05, 0) is 37.5 Å². The molecule has 1 aliphatic rings. The van der Waals surface area contributed by atoms with Gasteiger partial charge in [0, 0.05) is 18.8 Å². The molecule has 2 aromatic rings. The molecular formula is C17H20FN3O2. The van der Waals surface area contributed by atoms with E-state index in [-0.39, 0.29) is 18.3 Å². The van der Waals surface area contributed by atoms with E-state index >= 15 is 0 Å². The molecule has 6 heteroatoms. The first-order valence-corrected chi connectivity index (χ1v) is 7.59. The Morgan fingerprint density at radius 2 is 2.09 bits per heavy atom. The van der Waals surface area contributed by atoms with Crippen molar-refractivity contribution < 1.29 is 14.3 Å². The minimum absolute atomic E-state index is 0.0977. The number of aliphatic hydroxyl groups is 1. The van der Waals surface area contributed by atoms with E-state index in [1.54, 1.807) is 43.2 Å². The highest BCUT2D eigenvalue weighted by molar-refractivity contribution is 5.91. The predicted molar refractivity (Wildman–Crippen MR) is 83.1 cm³/mol. The minimum atomic E-state index is -1.19. The molecular weight excluding hydrogens is 297 g/mol. The fourth-order valence-corrected chi connectivity index (χ4v) is 2.76. The Morgan fingerprint density at radius 1 is 1.43 bits per heavy atom. The molecule has 0 bridgehead atoms. The van der Waals surface area contributed by atoms with Crippen molar-refractivity contribution >= 4 is 5.91 Å². The topological polar surface area (TPSA) is 67.2 Å². The summed E-state index contributed by atoms with van der Waals surface area (Å²) in [6.07, 6.45) is 4.77. The average molecular weight is 317 g/mol. The second-order valence-corrected chi connectivity index (χ2v) is 6.45. The molecule has 1 aromatic carbocycles. The summed E-state index contributed by atoms with van der Waals surface area (Å²) in [7, 11) is 1.77. The Balaban J connectivity index is 1.68. The van der Waals surface area contributed by atoms with E-state index in [0.29, 0.717) is 5.56 Å². The summed E-state index contributed by atoms with van der Waals surface area (Å²) in [5, 5.41) is 17.4. The molecule has 0 spiro atoms. The summed E-state index contributed by atoms with van der Waals surface area (Å²) < 4.78 is 14.7. The standard InChI is InChI=1S/C17H20FN3O2/c1-16(23,13-9-20-21(2)10-13)11-19-15(22)17(7-8-17)12-3-5-14(18)6-4-12/h3-6,9-10,23H,7-8,11H2,1-2H3,(H,19,22). The molecule has 2 N–H and O–H groups in total. The third-order valence-corrected chi connectivity index (χ3v) is 4.50. The van der Waals surface area contributed by atoms with E-state index in [0.717, 1.165) is 18.4 Å². The first-order chi connectivity index (χ1) is 10.8. The van der Waals surface area contributed by atoms with E-state index in [1.807, 2.05) is 0 Å². The number of aromatic nitrogens is 2. The maximum atomic E-state index is 13.0. The van der Waals surface area contributed by atoms with Crippen molar-refractivity contribution in [2.75, 3.05) is 6.54 Å². The fourth-order valence-electron chi connectivity index (χ4n) is 2.76. The zero-order valence-corrected chi connectivity index (χ0v) is 13.2. The van der Waals surface area contributed by atoms with Gasteiger partial charge in [0.25, 0.3) is 0 Å². The molecule has 3 rings (SSSR count). The van der Waals surface area contributed by atoms with Gasteiger partial charge < -0.3 is 10.4 Å². The van der Waals surface area contributed by atoms with Crippen LogP contribution in [0.2, 0.25) is 0 Å². The maximum absolute atomic E-state index is 13.0. The van der Waals surface area contributed by atoms with Crippen LogP contribution in [0.5, 0.6) is 0 Å². The number of nitrogens with one attached hydrogen (secondary N) is 1. The Hall–Kier alpha value is -2.21. The van der Waals surface area contributed by atoms with Crippen LogP contribution in [0.25, 0.3) is 0 Å². The largest absolute Gasteiger partial charge is 0.383 e. The molecule has 5 nitrogen and oxygen atoms in total. The number of carbonyl (C=O) groups excluding carboxylic acids is 1. The lowest BCUT2D eigenvalue weighted by Gasteiger charge is -2.24. The zero-order valence-electron chi connectivity index (χ0n) is 13.2. The van der Waals surface area contributed by atoms with Crippen LogP contribution < -0.4 is 5.32 Å². The number of aryl methyl sites for hydroxylation is 1. The van der Waals surface area contributed by atoms with Gasteiger partial charge >= 0.3 is 0 Å². The van der Waals surface area contributed by atoms with Crippen molar-refractivity contribution in [1.82, 2.24) is 15.1 Å². The van der Waals surface area contributed by atoms with E-state index < -0.39 is 11.0 Å². The van der Waals surface area contributed by atoms with E-state index in [2.05, 4.69) is 10.4 Å². The summed E-state index contributed by atoms with van der Waals surface area (Å²) in [4.78, 5) is 12.6. The second-order valence-electron chi connectivity index (χ2n) is 6.45. The van der Waals surface area contributed by atoms with Gasteiger partial charge in [-0.15, -0.1) is 0 Å². The van der Waals surface area contributed by atoms with Crippen LogP contribution in [0.3, 0.4) is 0 Å². The van der Waals surface area contributed by atoms with Crippen molar-refractivity contribution in [3.05, 3.63) is 53.6 Å². The van der Waals surface area contributed by atoms with Crippen molar-refractivity contribution in [2.24, 2.45) is 7.05 Å². The molecule has 1 saturated carbocycles. The van der Waals surface area contributed by atoms with Gasteiger partial charge in [-0.2, -0.15) is 5.10 Å². The van der Waals surface area contributed by atoms with Crippen molar-refractivity contribution in [3.8, 4) is 0 Å². The summed E-state index contributed by atoms with van der Waals surface area (Å²) >= 11 is 0. The molecule has 1 fully saturated rings. The molecule has 1 amide bonds. The first kappa shape index (κ1) is 15.7. The van der Waals surface area contributed by atoms with Crippen molar-refractivity contribution in [1.29, 1.82) is 0 Å². The maximum Gasteiger partial charge on any atom is 0.230 e. The molecule has 0 radical (unpaired) electrons. The Morgan fingerprint density at radius 3 is 2.61 bits per heavy atom. The Labute approximate surface area is 134 Å². The fraction of sp³-hybridized carbons (Fsp3) is 0.412. The highest BCUT2D eigenvalue weighted by Crippen LogP contribution is 2.48. The van der Waals surface area contributed by atoms with Gasteiger partial charge in [0.05, 0.1) is 18.2 Å². The van der Waals surface area contributed by atoms with Crippen LogP contribution in [0.15, 0.2) is 36.7 Å². The number of carbonyl (C=O) groups is 1. The lowest BCUT2D eigenvalue weighted by atomic mass is 9.94. The first-order valence-electron chi connectivity index (χ1n) is 7.59. The monoisotopic (exact) mass is 317 g/mol. The number of nitrogens with zero attached hydrogens (tertiary/aromatic N) is 2. The molecule has 1 atom stereocenters. The minimum Gasteiger partial charge on any atom is -0.383 e. The quantitative estimate of drug-likeness (QED) is 0.880. The average Bonchev–Trinajstić information content (AvgIpc) is 3.21. The van der Waals surface area contributed by atoms with E-state index in [1.165, 1.54) is 12.1 Å². The summed E-state index contributed by atoms with van der Waals surface area (Å²) in [5.41, 5.74) is -0.314. The van der Waals surface area contributed by atoms with Crippen LogP contribution in [-0.2, 0) is 22.9 Å². The lowest BCUT2D eigenvalue weighted by Crippen LogP contribution is -2.43. The smallest absolute Gasteiger partial charge is 0.230 e. The van der Waals surface area contributed by atoms with Gasteiger partial charge in [-0.3, -0.25) is 9.48 Å². The third kappa shape index (κ3) is 2.99. The van der Waals surface area contributed by atoms with E-state index in [9.17, 15) is 14.3 Å². The molecule has 1 aromatic heterocycles. The normalized spacial score (nSPS) is 18.3. The molecule has 0 aliphatic heterocycles. The van der Waals surface area contributed by atoms with Gasteiger partial charge in [0.2, 0.25) is 5.91 Å². The lowest BCUT2D eigenvalue weighted by molar-refractivity contribution is -0.124. The third-order valence-electron chi connectivity index (χ3n) is 4.50.